The molecule has 0 radical (unpaired) electrons. The number of hydrogen-bond acceptors (Lipinski definition) is 6. The van der Waals surface area contributed by atoms with Crippen molar-refractivity contribution < 1.29 is 28.6 Å². The van der Waals surface area contributed by atoms with Crippen molar-refractivity contribution in [3.05, 3.63) is 12.2 Å². The van der Waals surface area contributed by atoms with Crippen molar-refractivity contribution in [1.29, 1.82) is 0 Å². The van der Waals surface area contributed by atoms with E-state index in [1.165, 1.54) is 238 Å². The third-order valence-corrected chi connectivity index (χ3v) is 13.5. The molecule has 6 heteroatoms. The Labute approximate surface area is 411 Å². The van der Waals surface area contributed by atoms with E-state index in [0.717, 1.165) is 57.8 Å². The van der Waals surface area contributed by atoms with Crippen LogP contribution in [0.1, 0.15) is 335 Å². The summed E-state index contributed by atoms with van der Waals surface area (Å²) < 4.78 is 16.9. The number of carbonyl (C=O) groups excluding carboxylic acids is 3. The lowest BCUT2D eigenvalue weighted by molar-refractivity contribution is -0.167. The van der Waals surface area contributed by atoms with Crippen molar-refractivity contribution in [3.63, 3.8) is 0 Å². The number of esters is 3. The van der Waals surface area contributed by atoms with Gasteiger partial charge in [-0.1, -0.05) is 283 Å². The van der Waals surface area contributed by atoms with Gasteiger partial charge in [-0.25, -0.2) is 0 Å². The Hall–Kier alpha value is -1.85. The Morgan fingerprint density at radius 2 is 0.500 bits per heavy atom. The van der Waals surface area contributed by atoms with Crippen molar-refractivity contribution in [3.8, 4) is 0 Å². The highest BCUT2D eigenvalue weighted by Gasteiger charge is 2.19. The van der Waals surface area contributed by atoms with Gasteiger partial charge >= 0.3 is 17.9 Å². The molecule has 66 heavy (non-hydrogen) atoms. The average molecular weight is 932 g/mol. The van der Waals surface area contributed by atoms with E-state index >= 15 is 0 Å². The molecule has 0 saturated heterocycles. The van der Waals surface area contributed by atoms with Crippen LogP contribution >= 0.6 is 0 Å². The van der Waals surface area contributed by atoms with Crippen molar-refractivity contribution in [2.75, 3.05) is 13.2 Å². The zero-order valence-electron chi connectivity index (χ0n) is 44.7. The second kappa shape index (κ2) is 55.7. The lowest BCUT2D eigenvalue weighted by Crippen LogP contribution is -2.30. The minimum atomic E-state index is -0.766. The van der Waals surface area contributed by atoms with Crippen molar-refractivity contribution in [2.24, 2.45) is 0 Å². The lowest BCUT2D eigenvalue weighted by atomic mass is 10.0. The molecule has 1 atom stereocenters. The van der Waals surface area contributed by atoms with E-state index < -0.39 is 6.10 Å². The van der Waals surface area contributed by atoms with Gasteiger partial charge in [0.1, 0.15) is 13.2 Å². The Bertz CT molecular complexity index is 1020. The van der Waals surface area contributed by atoms with Gasteiger partial charge in [0.15, 0.2) is 6.10 Å². The molecule has 0 aliphatic heterocycles. The molecule has 0 aromatic carbocycles. The Morgan fingerprint density at radius 1 is 0.288 bits per heavy atom. The van der Waals surface area contributed by atoms with Crippen LogP contribution < -0.4 is 0 Å². The first-order valence-corrected chi connectivity index (χ1v) is 29.7. The third-order valence-electron chi connectivity index (χ3n) is 13.5. The molecule has 0 unspecified atom stereocenters. The summed E-state index contributed by atoms with van der Waals surface area (Å²) in [5.41, 5.74) is 0. The topological polar surface area (TPSA) is 78.9 Å². The van der Waals surface area contributed by atoms with Gasteiger partial charge < -0.3 is 14.2 Å². The highest BCUT2D eigenvalue weighted by molar-refractivity contribution is 5.71. The molecule has 0 heterocycles. The Kier molecular flexibility index (Phi) is 54.2. The minimum Gasteiger partial charge on any atom is -0.462 e. The summed E-state index contributed by atoms with van der Waals surface area (Å²) >= 11 is 0. The number of allylic oxidation sites excluding steroid dienone is 2. The van der Waals surface area contributed by atoms with E-state index in [4.69, 9.17) is 14.2 Å². The first-order chi connectivity index (χ1) is 32.5. The molecule has 6 nitrogen and oxygen atoms in total. The van der Waals surface area contributed by atoms with Crippen LogP contribution in [0.5, 0.6) is 0 Å². The van der Waals surface area contributed by atoms with E-state index in [2.05, 4.69) is 32.9 Å². The zero-order valence-corrected chi connectivity index (χ0v) is 44.7. The Morgan fingerprint density at radius 3 is 0.758 bits per heavy atom. The average Bonchev–Trinajstić information content (AvgIpc) is 3.31. The molecular weight excluding hydrogens is 817 g/mol. The van der Waals surface area contributed by atoms with Crippen molar-refractivity contribution >= 4 is 17.9 Å². The van der Waals surface area contributed by atoms with E-state index in [-0.39, 0.29) is 31.1 Å². The van der Waals surface area contributed by atoms with Crippen LogP contribution in [0, 0.1) is 0 Å². The minimum absolute atomic E-state index is 0.0651. The van der Waals surface area contributed by atoms with Crippen LogP contribution in [0.3, 0.4) is 0 Å². The summed E-state index contributed by atoms with van der Waals surface area (Å²) in [7, 11) is 0. The van der Waals surface area contributed by atoms with Gasteiger partial charge in [-0.15, -0.1) is 0 Å². The van der Waals surface area contributed by atoms with Crippen LogP contribution in [0.2, 0.25) is 0 Å². The molecule has 0 rings (SSSR count). The van der Waals surface area contributed by atoms with Gasteiger partial charge in [0.25, 0.3) is 0 Å². The number of unbranched alkanes of at least 4 members (excludes halogenated alkanes) is 42. The highest BCUT2D eigenvalue weighted by Crippen LogP contribution is 2.17. The molecule has 0 saturated carbocycles. The summed E-state index contributed by atoms with van der Waals surface area (Å²) in [5, 5.41) is 0. The quantitative estimate of drug-likeness (QED) is 0.0262. The van der Waals surface area contributed by atoms with Gasteiger partial charge in [-0.2, -0.15) is 0 Å². The molecule has 0 aromatic heterocycles. The van der Waals surface area contributed by atoms with Crippen molar-refractivity contribution in [2.45, 2.75) is 341 Å². The van der Waals surface area contributed by atoms with E-state index in [1.807, 2.05) is 0 Å². The van der Waals surface area contributed by atoms with E-state index in [0.29, 0.717) is 19.3 Å². The first kappa shape index (κ1) is 64.2. The standard InChI is InChI=1S/C60H114O6/c1-4-7-10-13-16-19-22-25-28-29-30-31-33-35-38-41-44-47-50-53-59(62)65-56-57(55-64-58(61)52-49-46-43-40-37-34-27-24-21-18-15-12-9-6-3)66-60(63)54-51-48-45-42-39-36-32-26-23-20-17-14-11-8-5-2/h29-30,57H,4-28,31-56H2,1-3H3/b30-29-/t57-/m1/s1. The normalized spacial score (nSPS) is 12.0. The number of hydrogen-bond donors (Lipinski definition) is 0. The number of carbonyl (C=O) groups is 3. The van der Waals surface area contributed by atoms with Crippen LogP contribution in [0.15, 0.2) is 12.2 Å². The fourth-order valence-electron chi connectivity index (χ4n) is 9.03. The smallest absolute Gasteiger partial charge is 0.306 e. The fraction of sp³-hybridized carbons (Fsp3) is 0.917. The van der Waals surface area contributed by atoms with Gasteiger partial charge in [-0.05, 0) is 44.9 Å². The molecule has 390 valence electrons. The second-order valence-electron chi connectivity index (χ2n) is 20.3. The maximum atomic E-state index is 12.8. The van der Waals surface area contributed by atoms with E-state index in [1.54, 1.807) is 0 Å². The van der Waals surface area contributed by atoms with Crippen LogP contribution in [0.4, 0.5) is 0 Å². The van der Waals surface area contributed by atoms with Crippen LogP contribution in [-0.4, -0.2) is 37.2 Å². The SMILES string of the molecule is CCCCCCCCCC/C=C\CCCCCCCCCC(=O)OC[C@@H](COC(=O)CCCCCCCCCCCCCCCC)OC(=O)CCCCCCCCCCCCCCCCC. The maximum Gasteiger partial charge on any atom is 0.306 e. The Balaban J connectivity index is 4.30. The molecule has 0 fully saturated rings. The fourth-order valence-corrected chi connectivity index (χ4v) is 9.03. The van der Waals surface area contributed by atoms with Gasteiger partial charge in [0.2, 0.25) is 0 Å². The lowest BCUT2D eigenvalue weighted by Gasteiger charge is -2.18. The first-order valence-electron chi connectivity index (χ1n) is 29.7. The maximum absolute atomic E-state index is 12.8. The molecule has 0 aliphatic rings. The molecule has 0 spiro atoms. The highest BCUT2D eigenvalue weighted by atomic mass is 16.6. The van der Waals surface area contributed by atoms with E-state index in [9.17, 15) is 14.4 Å². The largest absolute Gasteiger partial charge is 0.462 e. The van der Waals surface area contributed by atoms with Gasteiger partial charge in [0.05, 0.1) is 0 Å². The van der Waals surface area contributed by atoms with Crippen LogP contribution in [-0.2, 0) is 28.6 Å². The summed E-state index contributed by atoms with van der Waals surface area (Å²) in [5.74, 6) is -0.844. The predicted octanol–water partition coefficient (Wildman–Crippen LogP) is 19.7. The summed E-state index contributed by atoms with van der Waals surface area (Å²) in [6.07, 6.45) is 63.4. The molecule has 0 aromatic rings. The number of ether oxygens (including phenoxy) is 3. The van der Waals surface area contributed by atoms with Crippen LogP contribution in [0.25, 0.3) is 0 Å². The molecule has 0 amide bonds. The number of rotatable bonds is 55. The second-order valence-corrected chi connectivity index (χ2v) is 20.3. The molecule has 0 aliphatic carbocycles. The summed E-state index contributed by atoms with van der Waals surface area (Å²) in [6, 6.07) is 0. The molecular formula is C60H114O6. The van der Waals surface area contributed by atoms with Gasteiger partial charge in [-0.3, -0.25) is 14.4 Å². The predicted molar refractivity (Wildman–Crippen MR) is 284 cm³/mol. The van der Waals surface area contributed by atoms with Crippen molar-refractivity contribution in [1.82, 2.24) is 0 Å². The van der Waals surface area contributed by atoms with Gasteiger partial charge in [0, 0.05) is 19.3 Å². The summed E-state index contributed by atoms with van der Waals surface area (Å²) in [6.45, 7) is 6.70. The monoisotopic (exact) mass is 931 g/mol. The zero-order chi connectivity index (χ0) is 47.9. The third kappa shape index (κ3) is 53.1. The summed E-state index contributed by atoms with van der Waals surface area (Å²) in [4.78, 5) is 38.2. The molecule has 0 bridgehead atoms. The molecule has 0 N–H and O–H groups in total.